The van der Waals surface area contributed by atoms with E-state index in [-0.39, 0.29) is 5.91 Å². The van der Waals surface area contributed by atoms with Crippen LogP contribution in [0.3, 0.4) is 0 Å². The summed E-state index contributed by atoms with van der Waals surface area (Å²) in [5.41, 5.74) is 7.54. The second kappa shape index (κ2) is 7.53. The molecule has 0 aromatic carbocycles. The molecule has 5 heteroatoms. The predicted molar refractivity (Wildman–Crippen MR) is 74.4 cm³/mol. The van der Waals surface area contributed by atoms with E-state index in [0.717, 1.165) is 18.4 Å². The highest BCUT2D eigenvalue weighted by molar-refractivity contribution is 5.75. The first kappa shape index (κ1) is 14.3. The van der Waals surface area contributed by atoms with Crippen molar-refractivity contribution in [2.45, 2.75) is 33.1 Å². The molecule has 1 aromatic rings. The van der Waals surface area contributed by atoms with Crippen LogP contribution in [0.2, 0.25) is 0 Å². The number of nitrogens with zero attached hydrogens (tertiary/aromatic N) is 1. The van der Waals surface area contributed by atoms with E-state index >= 15 is 0 Å². The van der Waals surface area contributed by atoms with Gasteiger partial charge in [0.25, 0.3) is 0 Å². The maximum absolute atomic E-state index is 11.4. The van der Waals surface area contributed by atoms with Gasteiger partial charge in [0.1, 0.15) is 5.82 Å². The Hall–Kier alpha value is -1.78. The second-order valence-electron chi connectivity index (χ2n) is 4.27. The van der Waals surface area contributed by atoms with Crippen molar-refractivity contribution < 1.29 is 4.79 Å². The minimum Gasteiger partial charge on any atom is -0.396 e. The van der Waals surface area contributed by atoms with Crippen LogP contribution < -0.4 is 16.4 Å². The third-order valence-corrected chi connectivity index (χ3v) is 2.71. The van der Waals surface area contributed by atoms with Crippen LogP contribution in [0, 0.1) is 6.92 Å². The summed E-state index contributed by atoms with van der Waals surface area (Å²) in [6, 6.07) is 1.87. The topological polar surface area (TPSA) is 80.0 Å². The maximum atomic E-state index is 11.4. The molecule has 0 bridgehead atoms. The number of carbonyl (C=O) groups is 1. The smallest absolute Gasteiger partial charge is 0.220 e. The molecule has 0 saturated heterocycles. The standard InChI is InChI=1S/C13H22N4O/c1-3-4-5-11(18)15-8-9-17-13-12(14)10(2)6-7-16-13/h6-7H,3-5,8-9,14H2,1-2H3,(H,15,18)(H,16,17). The number of amides is 1. The van der Waals surface area contributed by atoms with Crippen molar-refractivity contribution >= 4 is 17.4 Å². The molecule has 100 valence electrons. The molecule has 5 nitrogen and oxygen atoms in total. The number of hydrogen-bond acceptors (Lipinski definition) is 4. The molecule has 1 aromatic heterocycles. The Morgan fingerprint density at radius 2 is 2.22 bits per heavy atom. The van der Waals surface area contributed by atoms with Gasteiger partial charge in [0.15, 0.2) is 0 Å². The quantitative estimate of drug-likeness (QED) is 0.643. The van der Waals surface area contributed by atoms with Crippen LogP contribution in [0.1, 0.15) is 31.7 Å². The fraction of sp³-hybridized carbons (Fsp3) is 0.538. The van der Waals surface area contributed by atoms with Crippen molar-refractivity contribution in [2.75, 3.05) is 24.1 Å². The Balaban J connectivity index is 2.25. The first-order valence-corrected chi connectivity index (χ1v) is 6.36. The summed E-state index contributed by atoms with van der Waals surface area (Å²) in [4.78, 5) is 15.5. The predicted octanol–water partition coefficient (Wildman–Crippen LogP) is 1.69. The number of rotatable bonds is 7. The average molecular weight is 250 g/mol. The summed E-state index contributed by atoms with van der Waals surface area (Å²) >= 11 is 0. The van der Waals surface area contributed by atoms with Gasteiger partial charge in [-0.25, -0.2) is 4.98 Å². The molecule has 0 radical (unpaired) electrons. The van der Waals surface area contributed by atoms with Crippen molar-refractivity contribution in [2.24, 2.45) is 0 Å². The number of aryl methyl sites for hydroxylation is 1. The number of pyridine rings is 1. The van der Waals surface area contributed by atoms with Crippen LogP contribution in [0.4, 0.5) is 11.5 Å². The normalized spacial score (nSPS) is 10.1. The van der Waals surface area contributed by atoms with Crippen LogP contribution in [0.15, 0.2) is 12.3 Å². The lowest BCUT2D eigenvalue weighted by molar-refractivity contribution is -0.121. The van der Waals surface area contributed by atoms with E-state index in [4.69, 9.17) is 5.73 Å². The van der Waals surface area contributed by atoms with E-state index in [9.17, 15) is 4.79 Å². The van der Waals surface area contributed by atoms with E-state index < -0.39 is 0 Å². The van der Waals surface area contributed by atoms with Gasteiger partial charge in [-0.1, -0.05) is 13.3 Å². The summed E-state index contributed by atoms with van der Waals surface area (Å²) < 4.78 is 0. The molecule has 0 spiro atoms. The summed E-state index contributed by atoms with van der Waals surface area (Å²) in [6.07, 6.45) is 4.29. The largest absolute Gasteiger partial charge is 0.396 e. The number of nitrogens with two attached hydrogens (primary N) is 1. The van der Waals surface area contributed by atoms with E-state index in [1.165, 1.54) is 0 Å². The summed E-state index contributed by atoms with van der Waals surface area (Å²) in [5, 5.41) is 5.97. The number of carbonyl (C=O) groups excluding carboxylic acids is 1. The zero-order chi connectivity index (χ0) is 13.4. The summed E-state index contributed by atoms with van der Waals surface area (Å²) in [6.45, 7) is 5.21. The number of unbranched alkanes of at least 4 members (excludes halogenated alkanes) is 1. The first-order chi connectivity index (χ1) is 8.65. The third kappa shape index (κ3) is 4.61. The highest BCUT2D eigenvalue weighted by Gasteiger charge is 2.03. The van der Waals surface area contributed by atoms with E-state index in [0.29, 0.717) is 31.0 Å². The van der Waals surface area contributed by atoms with Gasteiger partial charge in [-0.3, -0.25) is 4.79 Å². The van der Waals surface area contributed by atoms with Crippen molar-refractivity contribution in [1.82, 2.24) is 10.3 Å². The Morgan fingerprint density at radius 3 is 2.94 bits per heavy atom. The molecule has 0 atom stereocenters. The molecule has 0 saturated carbocycles. The lowest BCUT2D eigenvalue weighted by Gasteiger charge is -2.10. The van der Waals surface area contributed by atoms with Crippen molar-refractivity contribution in [1.29, 1.82) is 0 Å². The van der Waals surface area contributed by atoms with Gasteiger partial charge >= 0.3 is 0 Å². The number of aromatic nitrogens is 1. The molecule has 1 rings (SSSR count). The van der Waals surface area contributed by atoms with Crippen LogP contribution in [-0.4, -0.2) is 24.0 Å². The zero-order valence-corrected chi connectivity index (χ0v) is 11.1. The Labute approximate surface area is 108 Å². The molecular weight excluding hydrogens is 228 g/mol. The maximum Gasteiger partial charge on any atom is 0.220 e. The lowest BCUT2D eigenvalue weighted by Crippen LogP contribution is -2.28. The van der Waals surface area contributed by atoms with Crippen molar-refractivity contribution in [3.05, 3.63) is 17.8 Å². The number of nitrogens with one attached hydrogen (secondary N) is 2. The van der Waals surface area contributed by atoms with Gasteiger partial charge < -0.3 is 16.4 Å². The molecule has 0 unspecified atom stereocenters. The van der Waals surface area contributed by atoms with Crippen LogP contribution in [0.25, 0.3) is 0 Å². The third-order valence-electron chi connectivity index (χ3n) is 2.71. The number of hydrogen-bond donors (Lipinski definition) is 3. The summed E-state index contributed by atoms with van der Waals surface area (Å²) in [7, 11) is 0. The average Bonchev–Trinajstić information content (AvgIpc) is 2.37. The van der Waals surface area contributed by atoms with E-state index in [1.54, 1.807) is 6.20 Å². The highest BCUT2D eigenvalue weighted by atomic mass is 16.1. The SMILES string of the molecule is CCCCC(=O)NCCNc1nccc(C)c1N. The molecule has 0 aliphatic heterocycles. The first-order valence-electron chi connectivity index (χ1n) is 6.36. The fourth-order valence-electron chi connectivity index (χ4n) is 1.52. The number of anilines is 2. The fourth-order valence-corrected chi connectivity index (χ4v) is 1.52. The molecular formula is C13H22N4O. The molecule has 1 amide bonds. The van der Waals surface area contributed by atoms with Crippen molar-refractivity contribution in [3.63, 3.8) is 0 Å². The molecule has 0 aliphatic rings. The Kier molecular flexibility index (Phi) is 5.97. The Bertz CT molecular complexity index is 393. The Morgan fingerprint density at radius 1 is 1.44 bits per heavy atom. The van der Waals surface area contributed by atoms with E-state index in [2.05, 4.69) is 22.5 Å². The molecule has 4 N–H and O–H groups in total. The lowest BCUT2D eigenvalue weighted by atomic mass is 10.2. The minimum absolute atomic E-state index is 0.101. The zero-order valence-electron chi connectivity index (χ0n) is 11.1. The van der Waals surface area contributed by atoms with Gasteiger partial charge in [0, 0.05) is 25.7 Å². The molecule has 0 aliphatic carbocycles. The van der Waals surface area contributed by atoms with Crippen LogP contribution >= 0.6 is 0 Å². The van der Waals surface area contributed by atoms with Crippen LogP contribution in [0.5, 0.6) is 0 Å². The second-order valence-corrected chi connectivity index (χ2v) is 4.27. The summed E-state index contributed by atoms with van der Waals surface area (Å²) in [5.74, 6) is 0.779. The van der Waals surface area contributed by atoms with Crippen LogP contribution in [-0.2, 0) is 4.79 Å². The van der Waals surface area contributed by atoms with Crippen molar-refractivity contribution in [3.8, 4) is 0 Å². The molecule has 0 fully saturated rings. The minimum atomic E-state index is 0.101. The monoisotopic (exact) mass is 250 g/mol. The molecule has 1 heterocycles. The van der Waals surface area contributed by atoms with Gasteiger partial charge in [-0.2, -0.15) is 0 Å². The number of nitrogen functional groups attached to an aromatic ring is 1. The molecule has 18 heavy (non-hydrogen) atoms. The van der Waals surface area contributed by atoms with Gasteiger partial charge in [0.05, 0.1) is 5.69 Å². The van der Waals surface area contributed by atoms with Gasteiger partial charge in [0.2, 0.25) is 5.91 Å². The highest BCUT2D eigenvalue weighted by Crippen LogP contribution is 2.17. The van der Waals surface area contributed by atoms with Gasteiger partial charge in [-0.15, -0.1) is 0 Å². The van der Waals surface area contributed by atoms with Gasteiger partial charge in [-0.05, 0) is 25.0 Å². The van der Waals surface area contributed by atoms with E-state index in [1.807, 2.05) is 13.0 Å².